The van der Waals surface area contributed by atoms with Crippen molar-refractivity contribution in [2.75, 3.05) is 11.9 Å². The van der Waals surface area contributed by atoms with Gasteiger partial charge in [0.1, 0.15) is 6.10 Å². The van der Waals surface area contributed by atoms with Crippen LogP contribution in [0.4, 0.5) is 5.13 Å². The summed E-state index contributed by atoms with van der Waals surface area (Å²) in [6, 6.07) is 0. The molecule has 1 saturated heterocycles. The van der Waals surface area contributed by atoms with Crippen LogP contribution in [0.25, 0.3) is 0 Å². The third-order valence-electron chi connectivity index (χ3n) is 2.97. The first kappa shape index (κ1) is 10.2. The lowest BCUT2D eigenvalue weighted by Crippen LogP contribution is -2.26. The highest BCUT2D eigenvalue weighted by Gasteiger charge is 2.27. The summed E-state index contributed by atoms with van der Waals surface area (Å²) in [5, 5.41) is 5.59. The van der Waals surface area contributed by atoms with Crippen molar-refractivity contribution in [3.05, 3.63) is 11.1 Å². The Morgan fingerprint density at radius 3 is 3.06 bits per heavy atom. The number of thiazole rings is 1. The van der Waals surface area contributed by atoms with Gasteiger partial charge in [-0.25, -0.2) is 4.98 Å². The minimum absolute atomic E-state index is 0.0470. The number of amides is 1. The number of carbonyl (C=O) groups excluding carboxylic acids is 1. The molecule has 1 aliphatic heterocycles. The largest absolute Gasteiger partial charge is 0.368 e. The lowest BCUT2D eigenvalue weighted by atomic mass is 10.2. The van der Waals surface area contributed by atoms with Crippen molar-refractivity contribution in [1.82, 2.24) is 4.98 Å². The number of hydrogen-bond donors (Lipinski definition) is 1. The molecule has 2 fully saturated rings. The molecule has 3 rings (SSSR count). The van der Waals surface area contributed by atoms with Gasteiger partial charge in [-0.3, -0.25) is 10.1 Å². The van der Waals surface area contributed by atoms with Crippen LogP contribution in [0.1, 0.15) is 37.3 Å². The number of anilines is 1. The SMILES string of the molecule is O=C(Nc1nc(C2CC2)cs1)[C@@H]1CCCO1. The third kappa shape index (κ3) is 2.10. The van der Waals surface area contributed by atoms with Crippen LogP contribution in [-0.4, -0.2) is 23.6 Å². The van der Waals surface area contributed by atoms with E-state index in [1.807, 2.05) is 5.38 Å². The zero-order valence-corrected chi connectivity index (χ0v) is 9.76. The van der Waals surface area contributed by atoms with E-state index in [4.69, 9.17) is 4.74 Å². The first-order chi connectivity index (χ1) is 7.83. The van der Waals surface area contributed by atoms with Gasteiger partial charge in [-0.05, 0) is 25.7 Å². The van der Waals surface area contributed by atoms with Crippen LogP contribution < -0.4 is 5.32 Å². The van der Waals surface area contributed by atoms with Gasteiger partial charge in [0.25, 0.3) is 5.91 Å². The second-order valence-corrected chi connectivity index (χ2v) is 5.20. The van der Waals surface area contributed by atoms with Gasteiger partial charge in [0.05, 0.1) is 5.69 Å². The number of nitrogens with zero attached hydrogens (tertiary/aromatic N) is 1. The highest BCUT2D eigenvalue weighted by Crippen LogP contribution is 2.40. The Kier molecular flexibility index (Phi) is 2.65. The molecule has 16 heavy (non-hydrogen) atoms. The molecule has 0 spiro atoms. The number of carbonyl (C=O) groups is 1. The molecule has 1 atom stereocenters. The van der Waals surface area contributed by atoms with Crippen LogP contribution in [0.2, 0.25) is 0 Å². The van der Waals surface area contributed by atoms with Crippen LogP contribution >= 0.6 is 11.3 Å². The van der Waals surface area contributed by atoms with E-state index in [0.717, 1.165) is 18.5 Å². The van der Waals surface area contributed by atoms with Crippen LogP contribution in [0.5, 0.6) is 0 Å². The topological polar surface area (TPSA) is 51.2 Å². The summed E-state index contributed by atoms with van der Waals surface area (Å²) in [5.74, 6) is 0.596. The smallest absolute Gasteiger partial charge is 0.255 e. The summed E-state index contributed by atoms with van der Waals surface area (Å²) in [5.41, 5.74) is 1.13. The molecule has 86 valence electrons. The zero-order chi connectivity index (χ0) is 11.0. The molecule has 0 aromatic carbocycles. The predicted octanol–water partition coefficient (Wildman–Crippen LogP) is 2.14. The fraction of sp³-hybridized carbons (Fsp3) is 0.636. The molecule has 0 unspecified atom stereocenters. The quantitative estimate of drug-likeness (QED) is 0.877. The van der Waals surface area contributed by atoms with Crippen molar-refractivity contribution in [1.29, 1.82) is 0 Å². The van der Waals surface area contributed by atoms with Crippen molar-refractivity contribution >= 4 is 22.4 Å². The van der Waals surface area contributed by atoms with E-state index in [-0.39, 0.29) is 12.0 Å². The minimum Gasteiger partial charge on any atom is -0.368 e. The normalized spacial score (nSPS) is 24.6. The number of ether oxygens (including phenoxy) is 1. The second-order valence-electron chi connectivity index (χ2n) is 4.34. The maximum atomic E-state index is 11.7. The van der Waals surface area contributed by atoms with Gasteiger partial charge in [-0.15, -0.1) is 11.3 Å². The number of rotatable bonds is 3. The monoisotopic (exact) mass is 238 g/mol. The molecule has 0 radical (unpaired) electrons. The van der Waals surface area contributed by atoms with Crippen molar-refractivity contribution in [3.8, 4) is 0 Å². The maximum absolute atomic E-state index is 11.7. The molecule has 1 saturated carbocycles. The molecule has 4 nitrogen and oxygen atoms in total. The first-order valence-corrected chi connectivity index (χ1v) is 6.59. The maximum Gasteiger partial charge on any atom is 0.255 e. The molecule has 0 bridgehead atoms. The molecule has 1 N–H and O–H groups in total. The van der Waals surface area contributed by atoms with Crippen LogP contribution in [0.3, 0.4) is 0 Å². The fourth-order valence-electron chi connectivity index (χ4n) is 1.88. The van der Waals surface area contributed by atoms with Crippen molar-refractivity contribution in [2.45, 2.75) is 37.7 Å². The Labute approximate surface area is 98.0 Å². The van der Waals surface area contributed by atoms with Crippen molar-refractivity contribution in [3.63, 3.8) is 0 Å². The molecule has 2 aliphatic rings. The van der Waals surface area contributed by atoms with E-state index in [1.54, 1.807) is 0 Å². The summed E-state index contributed by atoms with van der Waals surface area (Å²) < 4.78 is 5.32. The Balaban J connectivity index is 1.61. The molecule has 2 heterocycles. The van der Waals surface area contributed by atoms with Gasteiger partial charge in [0, 0.05) is 17.9 Å². The van der Waals surface area contributed by atoms with E-state index in [9.17, 15) is 4.79 Å². The summed E-state index contributed by atoms with van der Waals surface area (Å²) in [4.78, 5) is 16.2. The Hall–Kier alpha value is -0.940. The zero-order valence-electron chi connectivity index (χ0n) is 8.94. The Morgan fingerprint density at radius 1 is 1.50 bits per heavy atom. The van der Waals surface area contributed by atoms with Gasteiger partial charge in [-0.2, -0.15) is 0 Å². The lowest BCUT2D eigenvalue weighted by molar-refractivity contribution is -0.124. The molecular weight excluding hydrogens is 224 g/mol. The highest BCUT2D eigenvalue weighted by atomic mass is 32.1. The summed E-state index contributed by atoms with van der Waals surface area (Å²) in [6.45, 7) is 0.698. The number of hydrogen-bond acceptors (Lipinski definition) is 4. The van der Waals surface area contributed by atoms with Crippen LogP contribution in [0, 0.1) is 0 Å². The van der Waals surface area contributed by atoms with Gasteiger partial charge < -0.3 is 4.74 Å². The van der Waals surface area contributed by atoms with E-state index in [0.29, 0.717) is 17.7 Å². The predicted molar refractivity (Wildman–Crippen MR) is 61.7 cm³/mol. The fourth-order valence-corrected chi connectivity index (χ4v) is 2.68. The second kappa shape index (κ2) is 4.14. The van der Waals surface area contributed by atoms with E-state index in [2.05, 4.69) is 10.3 Å². The van der Waals surface area contributed by atoms with Crippen molar-refractivity contribution in [2.24, 2.45) is 0 Å². The van der Waals surface area contributed by atoms with E-state index >= 15 is 0 Å². The van der Waals surface area contributed by atoms with E-state index in [1.165, 1.54) is 24.2 Å². The molecular formula is C11H14N2O2S. The molecule has 1 aromatic heterocycles. The minimum atomic E-state index is -0.270. The van der Waals surface area contributed by atoms with Gasteiger partial charge in [-0.1, -0.05) is 0 Å². The van der Waals surface area contributed by atoms with Gasteiger partial charge in [0.15, 0.2) is 5.13 Å². The Morgan fingerprint density at radius 2 is 2.38 bits per heavy atom. The average Bonchev–Trinajstić information content (AvgIpc) is 2.82. The average molecular weight is 238 g/mol. The van der Waals surface area contributed by atoms with Crippen LogP contribution in [0.15, 0.2) is 5.38 Å². The lowest BCUT2D eigenvalue weighted by Gasteiger charge is -2.07. The van der Waals surface area contributed by atoms with Crippen LogP contribution in [-0.2, 0) is 9.53 Å². The first-order valence-electron chi connectivity index (χ1n) is 5.71. The van der Waals surface area contributed by atoms with Crippen molar-refractivity contribution < 1.29 is 9.53 Å². The van der Waals surface area contributed by atoms with Gasteiger partial charge in [0.2, 0.25) is 0 Å². The van der Waals surface area contributed by atoms with E-state index < -0.39 is 0 Å². The highest BCUT2D eigenvalue weighted by molar-refractivity contribution is 7.13. The number of aromatic nitrogens is 1. The molecule has 1 amide bonds. The standard InChI is InChI=1S/C11H14N2O2S/c14-10(9-2-1-5-15-9)13-11-12-8(6-16-11)7-3-4-7/h6-7,9H,1-5H2,(H,12,13,14)/t9-/m0/s1. The van der Waals surface area contributed by atoms with Gasteiger partial charge >= 0.3 is 0 Å². The number of nitrogens with one attached hydrogen (secondary N) is 1. The molecule has 1 aliphatic carbocycles. The summed E-state index contributed by atoms with van der Waals surface area (Å²) >= 11 is 1.51. The third-order valence-corrected chi connectivity index (χ3v) is 3.75. The summed E-state index contributed by atoms with van der Waals surface area (Å²) in [7, 11) is 0. The summed E-state index contributed by atoms with van der Waals surface area (Å²) in [6.07, 6.45) is 4.01. The molecule has 1 aromatic rings. The Bertz CT molecular complexity index is 394. The molecule has 5 heteroatoms.